The van der Waals surface area contributed by atoms with Crippen LogP contribution in [0.25, 0.3) is 0 Å². The molecule has 0 radical (unpaired) electrons. The standard InChI is InChI=1S/C15H21NO2/c1-18-15(17)8-7-12-4-2-5-13(10-12)14-6-3-9-16-11-14/h2,4-5,10,14,16H,3,6-9,11H2,1H3. The zero-order valence-electron chi connectivity index (χ0n) is 10.9. The van der Waals surface area contributed by atoms with Crippen LogP contribution in [0.1, 0.15) is 36.3 Å². The van der Waals surface area contributed by atoms with Gasteiger partial charge in [-0.15, -0.1) is 0 Å². The third kappa shape index (κ3) is 3.57. The molecule has 1 aromatic rings. The Labute approximate surface area is 109 Å². The van der Waals surface area contributed by atoms with Gasteiger partial charge in [0.15, 0.2) is 0 Å². The average Bonchev–Trinajstić information content (AvgIpc) is 2.46. The Morgan fingerprint density at radius 3 is 3.11 bits per heavy atom. The van der Waals surface area contributed by atoms with E-state index in [1.807, 2.05) is 0 Å². The van der Waals surface area contributed by atoms with Crippen LogP contribution in [0.15, 0.2) is 24.3 Å². The molecule has 0 spiro atoms. The van der Waals surface area contributed by atoms with Crippen LogP contribution in [0, 0.1) is 0 Å². The highest BCUT2D eigenvalue weighted by molar-refractivity contribution is 5.69. The Morgan fingerprint density at radius 1 is 1.50 bits per heavy atom. The molecule has 1 aliphatic rings. The van der Waals surface area contributed by atoms with Crippen LogP contribution in [0.3, 0.4) is 0 Å². The van der Waals surface area contributed by atoms with Crippen molar-refractivity contribution in [2.75, 3.05) is 20.2 Å². The van der Waals surface area contributed by atoms with Gasteiger partial charge >= 0.3 is 5.97 Å². The fourth-order valence-corrected chi connectivity index (χ4v) is 2.49. The van der Waals surface area contributed by atoms with Crippen molar-refractivity contribution < 1.29 is 9.53 Å². The Kier molecular flexibility index (Phi) is 4.76. The third-order valence-electron chi connectivity index (χ3n) is 3.56. The van der Waals surface area contributed by atoms with Crippen molar-refractivity contribution in [2.24, 2.45) is 0 Å². The number of hydrogen-bond acceptors (Lipinski definition) is 3. The monoisotopic (exact) mass is 247 g/mol. The predicted octanol–water partition coefficient (Wildman–Crippen LogP) is 2.26. The summed E-state index contributed by atoms with van der Waals surface area (Å²) >= 11 is 0. The molecule has 0 bridgehead atoms. The third-order valence-corrected chi connectivity index (χ3v) is 3.56. The summed E-state index contributed by atoms with van der Waals surface area (Å²) in [6.45, 7) is 2.21. The Balaban J connectivity index is 1.98. The molecule has 3 heteroatoms. The molecular formula is C15H21NO2. The lowest BCUT2D eigenvalue weighted by atomic mass is 9.90. The maximum atomic E-state index is 11.1. The molecule has 2 rings (SSSR count). The fraction of sp³-hybridized carbons (Fsp3) is 0.533. The van der Waals surface area contributed by atoms with Crippen LogP contribution >= 0.6 is 0 Å². The number of rotatable bonds is 4. The highest BCUT2D eigenvalue weighted by Crippen LogP contribution is 2.24. The summed E-state index contributed by atoms with van der Waals surface area (Å²) in [4.78, 5) is 11.1. The van der Waals surface area contributed by atoms with Crippen LogP contribution in [-0.4, -0.2) is 26.2 Å². The van der Waals surface area contributed by atoms with Gasteiger partial charge < -0.3 is 10.1 Å². The van der Waals surface area contributed by atoms with E-state index < -0.39 is 0 Å². The SMILES string of the molecule is COC(=O)CCc1cccc(C2CCCNC2)c1. The molecule has 18 heavy (non-hydrogen) atoms. The Morgan fingerprint density at radius 2 is 2.39 bits per heavy atom. The summed E-state index contributed by atoms with van der Waals surface area (Å²) in [7, 11) is 1.44. The number of carbonyl (C=O) groups is 1. The zero-order chi connectivity index (χ0) is 12.8. The lowest BCUT2D eigenvalue weighted by Gasteiger charge is -2.23. The summed E-state index contributed by atoms with van der Waals surface area (Å²) in [6, 6.07) is 8.61. The normalized spacial score (nSPS) is 19.5. The average molecular weight is 247 g/mol. The molecule has 1 saturated heterocycles. The van der Waals surface area contributed by atoms with Gasteiger partial charge in [0.1, 0.15) is 0 Å². The van der Waals surface area contributed by atoms with Gasteiger partial charge in [-0.3, -0.25) is 4.79 Å². The molecule has 0 aromatic heterocycles. The number of aryl methyl sites for hydroxylation is 1. The van der Waals surface area contributed by atoms with Crippen LogP contribution in [0.4, 0.5) is 0 Å². The quantitative estimate of drug-likeness (QED) is 0.829. The van der Waals surface area contributed by atoms with Crippen LogP contribution in [0.2, 0.25) is 0 Å². The van der Waals surface area contributed by atoms with Gasteiger partial charge in [0.2, 0.25) is 0 Å². The number of piperidine rings is 1. The predicted molar refractivity (Wildman–Crippen MR) is 71.6 cm³/mol. The van der Waals surface area contributed by atoms with Gasteiger partial charge in [0.05, 0.1) is 7.11 Å². The van der Waals surface area contributed by atoms with E-state index in [2.05, 4.69) is 34.3 Å². The van der Waals surface area contributed by atoms with Gasteiger partial charge in [-0.2, -0.15) is 0 Å². The molecule has 0 aliphatic carbocycles. The second-order valence-electron chi connectivity index (χ2n) is 4.86. The number of nitrogens with one attached hydrogen (secondary N) is 1. The minimum atomic E-state index is -0.139. The minimum Gasteiger partial charge on any atom is -0.469 e. The summed E-state index contributed by atoms with van der Waals surface area (Å²) in [5, 5.41) is 3.44. The van der Waals surface area contributed by atoms with Crippen molar-refractivity contribution in [2.45, 2.75) is 31.6 Å². The zero-order valence-corrected chi connectivity index (χ0v) is 10.9. The number of carbonyl (C=O) groups excluding carboxylic acids is 1. The molecule has 1 atom stereocenters. The summed E-state index contributed by atoms with van der Waals surface area (Å²) < 4.78 is 4.67. The van der Waals surface area contributed by atoms with Gasteiger partial charge in [-0.05, 0) is 42.9 Å². The summed E-state index contributed by atoms with van der Waals surface area (Å²) in [6.07, 6.45) is 3.73. The van der Waals surface area contributed by atoms with Crippen molar-refractivity contribution in [3.8, 4) is 0 Å². The lowest BCUT2D eigenvalue weighted by molar-refractivity contribution is -0.140. The van der Waals surface area contributed by atoms with Crippen LogP contribution in [-0.2, 0) is 16.0 Å². The van der Waals surface area contributed by atoms with Gasteiger partial charge in [0.25, 0.3) is 0 Å². The number of methoxy groups -OCH3 is 1. The van der Waals surface area contributed by atoms with Crippen molar-refractivity contribution in [3.63, 3.8) is 0 Å². The maximum absolute atomic E-state index is 11.1. The van der Waals surface area contributed by atoms with Gasteiger partial charge in [-0.25, -0.2) is 0 Å². The molecule has 1 N–H and O–H groups in total. The van der Waals surface area contributed by atoms with E-state index in [9.17, 15) is 4.79 Å². The van der Waals surface area contributed by atoms with E-state index in [1.165, 1.54) is 31.1 Å². The minimum absolute atomic E-state index is 0.139. The van der Waals surface area contributed by atoms with E-state index in [0.29, 0.717) is 12.3 Å². The molecule has 1 heterocycles. The van der Waals surface area contributed by atoms with Crippen molar-refractivity contribution in [3.05, 3.63) is 35.4 Å². The molecule has 1 aromatic carbocycles. The van der Waals surface area contributed by atoms with Crippen LogP contribution < -0.4 is 5.32 Å². The Hall–Kier alpha value is -1.35. The topological polar surface area (TPSA) is 38.3 Å². The van der Waals surface area contributed by atoms with E-state index in [0.717, 1.165) is 19.5 Å². The maximum Gasteiger partial charge on any atom is 0.305 e. The largest absolute Gasteiger partial charge is 0.469 e. The second-order valence-corrected chi connectivity index (χ2v) is 4.86. The van der Waals surface area contributed by atoms with Gasteiger partial charge in [-0.1, -0.05) is 24.3 Å². The van der Waals surface area contributed by atoms with Crippen molar-refractivity contribution in [1.29, 1.82) is 0 Å². The first-order valence-electron chi connectivity index (χ1n) is 6.66. The first-order chi connectivity index (χ1) is 8.79. The molecule has 1 unspecified atom stereocenters. The van der Waals surface area contributed by atoms with E-state index >= 15 is 0 Å². The number of hydrogen-bond donors (Lipinski definition) is 1. The lowest BCUT2D eigenvalue weighted by Crippen LogP contribution is -2.28. The molecule has 1 fully saturated rings. The highest BCUT2D eigenvalue weighted by Gasteiger charge is 2.15. The number of esters is 1. The van der Waals surface area contributed by atoms with E-state index in [-0.39, 0.29) is 5.97 Å². The summed E-state index contributed by atoms with van der Waals surface area (Å²) in [5.74, 6) is 0.483. The smallest absolute Gasteiger partial charge is 0.305 e. The number of benzene rings is 1. The molecular weight excluding hydrogens is 226 g/mol. The van der Waals surface area contributed by atoms with Crippen molar-refractivity contribution >= 4 is 5.97 Å². The Bertz CT molecular complexity index is 397. The molecule has 3 nitrogen and oxygen atoms in total. The van der Waals surface area contributed by atoms with E-state index in [4.69, 9.17) is 0 Å². The first kappa shape index (κ1) is 13.1. The first-order valence-corrected chi connectivity index (χ1v) is 6.66. The molecule has 0 saturated carbocycles. The summed E-state index contributed by atoms with van der Waals surface area (Å²) in [5.41, 5.74) is 2.62. The van der Waals surface area contributed by atoms with Crippen molar-refractivity contribution in [1.82, 2.24) is 5.32 Å². The second kappa shape index (κ2) is 6.55. The molecule has 1 aliphatic heterocycles. The molecule has 98 valence electrons. The van der Waals surface area contributed by atoms with E-state index in [1.54, 1.807) is 0 Å². The van der Waals surface area contributed by atoms with Gasteiger partial charge in [0, 0.05) is 13.0 Å². The molecule has 0 amide bonds. The van der Waals surface area contributed by atoms with Crippen LogP contribution in [0.5, 0.6) is 0 Å². The highest BCUT2D eigenvalue weighted by atomic mass is 16.5. The fourth-order valence-electron chi connectivity index (χ4n) is 2.49. The number of ether oxygens (including phenoxy) is 1.